The highest BCUT2D eigenvalue weighted by molar-refractivity contribution is 7.25. The van der Waals surface area contributed by atoms with E-state index in [1.54, 1.807) is 0 Å². The van der Waals surface area contributed by atoms with Crippen LogP contribution in [0.25, 0.3) is 142 Å². The number of hydrogen-bond acceptors (Lipinski definition) is 3. The number of para-hydroxylation sites is 7. The normalized spacial score (nSPS) is 12.4. The summed E-state index contributed by atoms with van der Waals surface area (Å²) in [5.41, 5.74) is 35.5. The van der Waals surface area contributed by atoms with Gasteiger partial charge in [0.05, 0.1) is 22.1 Å². The van der Waals surface area contributed by atoms with E-state index >= 15 is 0 Å². The fourth-order valence-corrected chi connectivity index (χ4v) is 18.8. The minimum Gasteiger partial charge on any atom is -0.456 e. The van der Waals surface area contributed by atoms with Crippen molar-refractivity contribution in [3.63, 3.8) is 0 Å². The fraction of sp³-hybridized carbons (Fsp3) is 0.0400. The minimum atomic E-state index is 0.941. The second-order valence-corrected chi connectivity index (χ2v) is 29.1. The standard InChI is InChI=1S/C37H26N2.C25H17N.C19H12O.C19H12S/c1-4-12-28(13-5-1)38(29-14-6-2-7-15-29)31-20-21-32-26(23-31)22-27-24-35-33-18-10-11-19-36(33)39(37(35)25-34(27)32)30-16-8-3-9-17-30;1-2-9-18(10-3-1)26-23-13-7-6-12-21(23)25-22-16-17-8-4-5-11-19(17)20(22)14-15-24(25)26;2*1-2-6-13-12(5-1)11-16-14(13)9-10-18-19(16)15-7-3-4-8-17(15)20-18/h1-21,23-25H,22H2;1-15H,16H2;2*1-10H,11H2. The Labute approximate surface area is 612 Å². The lowest BCUT2D eigenvalue weighted by Gasteiger charge is -2.26. The van der Waals surface area contributed by atoms with Gasteiger partial charge in [0.1, 0.15) is 11.2 Å². The Hall–Kier alpha value is -13.1. The molecule has 4 heterocycles. The van der Waals surface area contributed by atoms with Crippen LogP contribution < -0.4 is 4.90 Å². The molecular weight excluding hydrogens is 1290 g/mol. The van der Waals surface area contributed by atoms with E-state index in [1.165, 1.54) is 181 Å². The Kier molecular flexibility index (Phi) is 14.4. The summed E-state index contributed by atoms with van der Waals surface area (Å²) in [6, 6.07) is 129. The summed E-state index contributed by atoms with van der Waals surface area (Å²) >= 11 is 1.91. The Morgan fingerprint density at radius 2 is 0.695 bits per heavy atom. The van der Waals surface area contributed by atoms with Crippen molar-refractivity contribution < 1.29 is 4.42 Å². The number of thiophene rings is 1. The van der Waals surface area contributed by atoms with Crippen molar-refractivity contribution in [2.75, 3.05) is 4.90 Å². The zero-order chi connectivity index (χ0) is 69.1. The van der Waals surface area contributed by atoms with Crippen LogP contribution in [0.15, 0.2) is 362 Å². The van der Waals surface area contributed by atoms with Gasteiger partial charge in [-0.3, -0.25) is 0 Å². The minimum absolute atomic E-state index is 0.941. The number of rotatable bonds is 5. The number of fused-ring (bicyclic) bond motifs is 27. The Bertz CT molecular complexity index is 6630. The molecule has 0 saturated carbocycles. The molecule has 20 aromatic rings. The van der Waals surface area contributed by atoms with Crippen LogP contribution in [0.1, 0.15) is 44.5 Å². The molecule has 0 fully saturated rings. The molecule has 4 aromatic heterocycles. The molecule has 0 spiro atoms. The quantitative estimate of drug-likeness (QED) is 0.172. The van der Waals surface area contributed by atoms with E-state index in [2.05, 4.69) is 360 Å². The van der Waals surface area contributed by atoms with Gasteiger partial charge in [0.15, 0.2) is 0 Å². The topological polar surface area (TPSA) is 26.2 Å². The van der Waals surface area contributed by atoms with Crippen molar-refractivity contribution in [3.05, 3.63) is 402 Å². The van der Waals surface area contributed by atoms with E-state index < -0.39 is 0 Å². The van der Waals surface area contributed by atoms with E-state index in [0.717, 1.165) is 48.2 Å². The lowest BCUT2D eigenvalue weighted by Crippen LogP contribution is -2.09. The van der Waals surface area contributed by atoms with E-state index in [1.807, 2.05) is 23.5 Å². The molecule has 105 heavy (non-hydrogen) atoms. The first-order valence-corrected chi connectivity index (χ1v) is 37.3. The third-order valence-corrected chi connectivity index (χ3v) is 23.4. The van der Waals surface area contributed by atoms with Gasteiger partial charge in [-0.2, -0.15) is 0 Å². The van der Waals surface area contributed by atoms with Gasteiger partial charge in [-0.1, -0.05) is 243 Å². The Morgan fingerprint density at radius 1 is 0.238 bits per heavy atom. The molecule has 0 bridgehead atoms. The molecule has 0 N–H and O–H groups in total. The first-order chi connectivity index (χ1) is 52.1. The molecular formula is C100H67N3OS. The molecule has 16 aromatic carbocycles. The van der Waals surface area contributed by atoms with Crippen LogP contribution in [0.4, 0.5) is 17.1 Å². The first-order valence-electron chi connectivity index (χ1n) is 36.5. The van der Waals surface area contributed by atoms with Crippen molar-refractivity contribution in [3.8, 4) is 55.9 Å². The highest BCUT2D eigenvalue weighted by atomic mass is 32.1. The van der Waals surface area contributed by atoms with Crippen molar-refractivity contribution in [1.82, 2.24) is 9.13 Å². The fourth-order valence-electron chi connectivity index (χ4n) is 17.7. The van der Waals surface area contributed by atoms with E-state index in [0.29, 0.717) is 0 Å². The largest absolute Gasteiger partial charge is 0.456 e. The second kappa shape index (κ2) is 24.9. The number of aromatic nitrogens is 2. The Morgan fingerprint density at radius 3 is 1.33 bits per heavy atom. The van der Waals surface area contributed by atoms with Crippen LogP contribution >= 0.6 is 11.3 Å². The van der Waals surface area contributed by atoms with E-state index in [-0.39, 0.29) is 0 Å². The zero-order valence-corrected chi connectivity index (χ0v) is 58.4. The van der Waals surface area contributed by atoms with Gasteiger partial charge in [0.25, 0.3) is 0 Å². The monoisotopic (exact) mass is 1360 g/mol. The average Bonchev–Trinajstić information content (AvgIpc) is 1.58. The molecule has 0 radical (unpaired) electrons. The average molecular weight is 1360 g/mol. The van der Waals surface area contributed by atoms with Crippen molar-refractivity contribution in [1.29, 1.82) is 0 Å². The highest BCUT2D eigenvalue weighted by Crippen LogP contribution is 2.50. The maximum atomic E-state index is 5.98. The maximum absolute atomic E-state index is 5.98. The predicted octanol–water partition coefficient (Wildman–Crippen LogP) is 27.0. The van der Waals surface area contributed by atoms with Crippen LogP contribution in [0.5, 0.6) is 0 Å². The SMILES string of the molecule is c1ccc(-n2c3ccccc3c3c4c(ccc32)-c2ccccc2C4)cc1.c1ccc(N(c2ccccc2)c2ccc3c(c2)Cc2cc4c5ccccc5n(-c5ccccc5)c4cc2-3)cc1.c1ccc2c(c1)Cc1c-2ccc2oc3ccccc3c12.c1ccc2c(c1)Cc1c-2ccc2sc3ccccc3c12. The summed E-state index contributed by atoms with van der Waals surface area (Å²) in [6.45, 7) is 0. The molecule has 0 amide bonds. The summed E-state index contributed by atoms with van der Waals surface area (Å²) in [5.74, 6) is 0. The smallest absolute Gasteiger partial charge is 0.135 e. The van der Waals surface area contributed by atoms with Gasteiger partial charge in [-0.25, -0.2) is 0 Å². The molecule has 5 heteroatoms. The molecule has 0 aliphatic heterocycles. The van der Waals surface area contributed by atoms with E-state index in [4.69, 9.17) is 4.42 Å². The molecule has 4 aliphatic carbocycles. The third-order valence-electron chi connectivity index (χ3n) is 22.2. The number of hydrogen-bond donors (Lipinski definition) is 0. The summed E-state index contributed by atoms with van der Waals surface area (Å²) in [4.78, 5) is 2.34. The molecule has 4 aliphatic rings. The molecule has 0 atom stereocenters. The first kappa shape index (κ1) is 60.7. The second-order valence-electron chi connectivity index (χ2n) is 28.0. The van der Waals surface area contributed by atoms with Crippen LogP contribution in [-0.2, 0) is 25.7 Å². The van der Waals surface area contributed by atoms with E-state index in [9.17, 15) is 0 Å². The Balaban J connectivity index is 0.0000000940. The summed E-state index contributed by atoms with van der Waals surface area (Å²) in [5, 5.41) is 10.8. The summed E-state index contributed by atoms with van der Waals surface area (Å²) in [7, 11) is 0. The van der Waals surface area contributed by atoms with Gasteiger partial charge in [-0.05, 0) is 230 Å². The lowest BCUT2D eigenvalue weighted by molar-refractivity contribution is 0.669. The number of furan rings is 1. The molecule has 0 saturated heterocycles. The third kappa shape index (κ3) is 10.0. The van der Waals surface area contributed by atoms with Crippen LogP contribution in [0, 0.1) is 0 Å². The van der Waals surface area contributed by atoms with Gasteiger partial charge in [0, 0.05) is 80.9 Å². The van der Waals surface area contributed by atoms with Gasteiger partial charge < -0.3 is 18.5 Å². The van der Waals surface area contributed by atoms with Crippen LogP contribution in [-0.4, -0.2) is 9.13 Å². The zero-order valence-electron chi connectivity index (χ0n) is 57.6. The molecule has 4 nitrogen and oxygen atoms in total. The number of nitrogens with zero attached hydrogens (tertiary/aromatic N) is 3. The molecule has 0 unspecified atom stereocenters. The maximum Gasteiger partial charge on any atom is 0.135 e. The van der Waals surface area contributed by atoms with Gasteiger partial charge in [-0.15, -0.1) is 11.3 Å². The lowest BCUT2D eigenvalue weighted by atomic mass is 10.0. The van der Waals surface area contributed by atoms with Gasteiger partial charge in [0.2, 0.25) is 0 Å². The van der Waals surface area contributed by atoms with Crippen molar-refractivity contribution >= 4 is 114 Å². The summed E-state index contributed by atoms with van der Waals surface area (Å²) < 4.78 is 13.6. The van der Waals surface area contributed by atoms with Crippen LogP contribution in [0.2, 0.25) is 0 Å². The molecule has 24 rings (SSSR count). The van der Waals surface area contributed by atoms with Crippen molar-refractivity contribution in [2.24, 2.45) is 0 Å². The summed E-state index contributed by atoms with van der Waals surface area (Å²) in [6.07, 6.45) is 4.04. The van der Waals surface area contributed by atoms with Gasteiger partial charge >= 0.3 is 0 Å². The van der Waals surface area contributed by atoms with Crippen molar-refractivity contribution in [2.45, 2.75) is 25.7 Å². The number of anilines is 3. The highest BCUT2D eigenvalue weighted by Gasteiger charge is 2.28. The number of benzene rings is 16. The predicted molar refractivity (Wildman–Crippen MR) is 442 cm³/mol. The van der Waals surface area contributed by atoms with Crippen LogP contribution in [0.3, 0.4) is 0 Å². The molecule has 494 valence electrons.